The van der Waals surface area contributed by atoms with Gasteiger partial charge in [0.1, 0.15) is 0 Å². The van der Waals surface area contributed by atoms with Gasteiger partial charge in [-0.15, -0.1) is 0 Å². The van der Waals surface area contributed by atoms with Crippen LogP contribution in [-0.2, 0) is 11.2 Å². The number of aliphatic hydroxyl groups excluding tert-OH is 1. The van der Waals surface area contributed by atoms with Gasteiger partial charge in [-0.25, -0.2) is 0 Å². The van der Waals surface area contributed by atoms with Crippen LogP contribution in [0.25, 0.3) is 100 Å². The first-order valence-electron chi connectivity index (χ1n) is 22.3. The zero-order valence-corrected chi connectivity index (χ0v) is 36.6. The van der Waals surface area contributed by atoms with Gasteiger partial charge in [-0.05, 0) is 116 Å². The smallest absolute Gasteiger partial charge is 0.159 e. The van der Waals surface area contributed by atoms with E-state index in [1.165, 1.54) is 13.0 Å². The van der Waals surface area contributed by atoms with Crippen LogP contribution in [0, 0.1) is 0 Å². The van der Waals surface area contributed by atoms with Crippen molar-refractivity contribution in [3.63, 3.8) is 0 Å². The summed E-state index contributed by atoms with van der Waals surface area (Å²) in [5.74, 6) is -0.0892. The molecule has 66 heavy (non-hydrogen) atoms. The van der Waals surface area contributed by atoms with Crippen molar-refractivity contribution < 1.29 is 9.90 Å². The number of hydrogen-bond donors (Lipinski definition) is 1. The van der Waals surface area contributed by atoms with Crippen LogP contribution in [0.1, 0.15) is 18.9 Å². The number of carbonyl (C=O) groups is 1. The second-order valence-electron chi connectivity index (χ2n) is 16.6. The Bertz CT molecular complexity index is 3380. The van der Waals surface area contributed by atoms with Gasteiger partial charge in [0, 0.05) is 47.0 Å². The van der Waals surface area contributed by atoms with E-state index in [9.17, 15) is 9.90 Å². The molecule has 316 valence electrons. The van der Waals surface area contributed by atoms with Gasteiger partial charge in [0.25, 0.3) is 0 Å². The molecule has 0 saturated carbocycles. The maximum absolute atomic E-state index is 12.8. The van der Waals surface area contributed by atoms with Crippen LogP contribution >= 0.6 is 0 Å². The summed E-state index contributed by atoms with van der Waals surface area (Å²) in [7, 11) is 0. The van der Waals surface area contributed by atoms with Gasteiger partial charge in [-0.2, -0.15) is 0 Å². The van der Waals surface area contributed by atoms with Crippen LogP contribution in [0.5, 0.6) is 0 Å². The molecule has 1 N–H and O–H groups in total. The van der Waals surface area contributed by atoms with E-state index in [4.69, 9.17) is 9.97 Å². The van der Waals surface area contributed by atoms with E-state index < -0.39 is 0 Å². The highest BCUT2D eigenvalue weighted by molar-refractivity contribution is 5.97. The summed E-state index contributed by atoms with van der Waals surface area (Å²) in [6, 6.07) is 74.7. The number of hydrogen-bond acceptors (Lipinski definition) is 4. The Balaban J connectivity index is 1.14. The van der Waals surface area contributed by atoms with Crippen LogP contribution < -0.4 is 0 Å². The summed E-state index contributed by atoms with van der Waals surface area (Å²) in [6.07, 6.45) is 6.03. The molecular formula is C62H46N2O2. The first-order valence-corrected chi connectivity index (χ1v) is 22.3. The lowest BCUT2D eigenvalue weighted by atomic mass is 9.85. The number of fused-ring (bicyclic) bond motifs is 1. The van der Waals surface area contributed by atoms with Crippen LogP contribution in [0.3, 0.4) is 0 Å². The Labute approximate surface area is 385 Å². The van der Waals surface area contributed by atoms with Crippen molar-refractivity contribution in [3.05, 3.63) is 242 Å². The molecule has 2 heterocycles. The third-order valence-corrected chi connectivity index (χ3v) is 12.2. The first kappa shape index (κ1) is 41.5. The molecule has 0 spiro atoms. The normalized spacial score (nSPS) is 11.4. The maximum atomic E-state index is 12.8. The highest BCUT2D eigenvalue weighted by Crippen LogP contribution is 2.43. The third kappa shape index (κ3) is 8.73. The fraction of sp³-hybridized carbons (Fsp3) is 0.0484. The van der Waals surface area contributed by atoms with E-state index in [0.717, 1.165) is 106 Å². The summed E-state index contributed by atoms with van der Waals surface area (Å²) >= 11 is 0. The molecule has 0 aliphatic rings. The minimum atomic E-state index is -0.106. The Kier molecular flexibility index (Phi) is 11.8. The average Bonchev–Trinajstić information content (AvgIpc) is 3.38. The quantitative estimate of drug-likeness (QED) is 0.0982. The van der Waals surface area contributed by atoms with E-state index in [0.29, 0.717) is 6.42 Å². The number of allylic oxidation sites excluding steroid dienone is 2. The van der Waals surface area contributed by atoms with Crippen molar-refractivity contribution in [2.45, 2.75) is 19.8 Å². The predicted molar refractivity (Wildman–Crippen MR) is 273 cm³/mol. The molecule has 0 bridgehead atoms. The summed E-state index contributed by atoms with van der Waals surface area (Å²) in [5, 5.41) is 12.1. The fourth-order valence-corrected chi connectivity index (χ4v) is 9.08. The van der Waals surface area contributed by atoms with Crippen molar-refractivity contribution in [2.75, 3.05) is 0 Å². The highest BCUT2D eigenvalue weighted by Gasteiger charge is 2.19. The SMILES string of the molecule is CC(O)=CC(=O)CCc1ccccc1-c1cc(-c2ccccc2-c2ccc(-c3nccc4ccccc34)cc2)cc(-c2ccccc2-c2cnc(-c3ccccc3)cc2-c2ccccc2)c1. The van der Waals surface area contributed by atoms with Crippen LogP contribution in [0.15, 0.2) is 237 Å². The highest BCUT2D eigenvalue weighted by atomic mass is 16.3. The number of nitrogens with zero attached hydrogens (tertiary/aromatic N) is 2. The van der Waals surface area contributed by atoms with E-state index >= 15 is 0 Å². The molecule has 0 amide bonds. The second kappa shape index (κ2) is 18.7. The summed E-state index contributed by atoms with van der Waals surface area (Å²) < 4.78 is 0. The van der Waals surface area contributed by atoms with Crippen LogP contribution in [0.4, 0.5) is 0 Å². The molecule has 2 aromatic heterocycles. The summed E-state index contributed by atoms with van der Waals surface area (Å²) in [6.45, 7) is 1.53. The zero-order valence-electron chi connectivity index (χ0n) is 36.6. The fourth-order valence-electron chi connectivity index (χ4n) is 9.08. The number of benzene rings is 8. The zero-order chi connectivity index (χ0) is 44.8. The van der Waals surface area contributed by atoms with Gasteiger partial charge in [0.05, 0.1) is 17.1 Å². The number of aromatic nitrogens is 2. The lowest BCUT2D eigenvalue weighted by molar-refractivity contribution is -0.114. The molecule has 0 radical (unpaired) electrons. The molecule has 4 heteroatoms. The monoisotopic (exact) mass is 850 g/mol. The molecular weight excluding hydrogens is 805 g/mol. The summed E-state index contributed by atoms with van der Waals surface area (Å²) in [5.41, 5.74) is 18.0. The number of pyridine rings is 2. The van der Waals surface area contributed by atoms with E-state index in [2.05, 4.69) is 188 Å². The Hall–Kier alpha value is -8.47. The first-order chi connectivity index (χ1) is 32.5. The average molecular weight is 851 g/mol. The Morgan fingerprint density at radius 1 is 0.455 bits per heavy atom. The maximum Gasteiger partial charge on any atom is 0.159 e. The van der Waals surface area contributed by atoms with Gasteiger partial charge >= 0.3 is 0 Å². The standard InChI is InChI=1S/C62H46N2O2/c1-42(65)36-52(66)33-32-44-18-8-10-22-53(44)49-37-50(55-24-13-12-23-54(55)46-28-30-48(31-29-46)62-57-26-11-9-19-45(57)34-35-63-62)39-51(38-49)56-25-14-15-27-58(56)60-41-64-61(47-20-6-3-7-21-47)40-59(60)43-16-4-2-5-17-43/h2-31,34-41,65H,32-33H2,1H3. The van der Waals surface area contributed by atoms with Crippen molar-refractivity contribution in [1.82, 2.24) is 9.97 Å². The molecule has 0 unspecified atom stereocenters. The molecule has 0 aliphatic carbocycles. The number of aryl methyl sites for hydroxylation is 1. The topological polar surface area (TPSA) is 63.1 Å². The van der Waals surface area contributed by atoms with Crippen molar-refractivity contribution in [3.8, 4) is 89.3 Å². The van der Waals surface area contributed by atoms with E-state index in [-0.39, 0.29) is 18.0 Å². The van der Waals surface area contributed by atoms with Crippen molar-refractivity contribution >= 4 is 16.6 Å². The molecule has 0 fully saturated rings. The van der Waals surface area contributed by atoms with Crippen molar-refractivity contribution in [2.24, 2.45) is 0 Å². The van der Waals surface area contributed by atoms with Gasteiger partial charge in [-0.1, -0.05) is 182 Å². The van der Waals surface area contributed by atoms with E-state index in [1.54, 1.807) is 0 Å². The minimum Gasteiger partial charge on any atom is -0.512 e. The lowest BCUT2D eigenvalue weighted by Crippen LogP contribution is -1.99. The molecule has 0 atom stereocenters. The third-order valence-electron chi connectivity index (χ3n) is 12.2. The van der Waals surface area contributed by atoms with Crippen molar-refractivity contribution in [1.29, 1.82) is 0 Å². The Morgan fingerprint density at radius 2 is 0.970 bits per heavy atom. The van der Waals surface area contributed by atoms with Crippen LogP contribution in [-0.4, -0.2) is 20.9 Å². The van der Waals surface area contributed by atoms with Crippen LogP contribution in [0.2, 0.25) is 0 Å². The lowest BCUT2D eigenvalue weighted by Gasteiger charge is -2.19. The number of aliphatic hydroxyl groups is 1. The molecule has 0 saturated heterocycles. The molecule has 8 aromatic carbocycles. The number of rotatable bonds is 12. The Morgan fingerprint density at radius 3 is 1.65 bits per heavy atom. The number of ketones is 1. The molecule has 4 nitrogen and oxygen atoms in total. The van der Waals surface area contributed by atoms with Gasteiger partial charge in [0.15, 0.2) is 5.78 Å². The molecule has 10 rings (SSSR count). The second-order valence-corrected chi connectivity index (χ2v) is 16.6. The molecule has 10 aromatic rings. The largest absolute Gasteiger partial charge is 0.512 e. The molecule has 0 aliphatic heterocycles. The van der Waals surface area contributed by atoms with E-state index in [1.807, 2.05) is 36.7 Å². The minimum absolute atomic E-state index is 0.0168. The van der Waals surface area contributed by atoms with Gasteiger partial charge in [0.2, 0.25) is 0 Å². The number of carbonyl (C=O) groups excluding carboxylic acids is 1. The summed E-state index contributed by atoms with van der Waals surface area (Å²) in [4.78, 5) is 22.7. The van der Waals surface area contributed by atoms with Gasteiger partial charge < -0.3 is 5.11 Å². The van der Waals surface area contributed by atoms with Gasteiger partial charge in [-0.3, -0.25) is 14.8 Å². The predicted octanol–water partition coefficient (Wildman–Crippen LogP) is 15.9.